The second-order valence-corrected chi connectivity index (χ2v) is 7.72. The van der Waals surface area contributed by atoms with Crippen molar-refractivity contribution in [2.24, 2.45) is 5.92 Å². The Kier molecular flexibility index (Phi) is 4.82. The third-order valence-corrected chi connectivity index (χ3v) is 5.24. The molecular weight excluding hydrogens is 282 g/mol. The summed E-state index contributed by atoms with van der Waals surface area (Å²) in [6.45, 7) is 7.09. The van der Waals surface area contributed by atoms with Gasteiger partial charge in [0.25, 0.3) is 0 Å². The van der Waals surface area contributed by atoms with Gasteiger partial charge in [-0.2, -0.15) is 0 Å². The fraction of sp³-hybridized carbons (Fsp3) is 0.812. The van der Waals surface area contributed by atoms with Crippen molar-refractivity contribution in [3.63, 3.8) is 0 Å². The molecule has 0 bridgehead atoms. The Balaban J connectivity index is 1.74. The van der Waals surface area contributed by atoms with Gasteiger partial charge >= 0.3 is 0 Å². The van der Waals surface area contributed by atoms with Gasteiger partial charge in [0.15, 0.2) is 5.13 Å². The molecular formula is C16H27N3OS. The van der Waals surface area contributed by atoms with E-state index in [4.69, 9.17) is 9.72 Å². The molecule has 5 heteroatoms. The second-order valence-electron chi connectivity index (χ2n) is 6.66. The maximum absolute atomic E-state index is 5.34. The van der Waals surface area contributed by atoms with Crippen LogP contribution in [0.25, 0.3) is 0 Å². The lowest BCUT2D eigenvalue weighted by molar-refractivity contribution is 0.181. The van der Waals surface area contributed by atoms with Gasteiger partial charge in [-0.1, -0.05) is 13.8 Å². The second kappa shape index (κ2) is 6.63. The summed E-state index contributed by atoms with van der Waals surface area (Å²) in [4.78, 5) is 8.80. The zero-order valence-corrected chi connectivity index (χ0v) is 14.2. The highest BCUT2D eigenvalue weighted by Gasteiger charge is 2.35. The maximum atomic E-state index is 5.34. The van der Waals surface area contributed by atoms with E-state index in [-0.39, 0.29) is 0 Å². The standard InChI is InChI=1S/C16H27N3OS/c1-11(2)17-8-15-14(10-20-3)18-16(21-15)19(13-6-7-13)9-12-4-5-12/h11-13,17H,4-10H2,1-3H3. The van der Waals surface area contributed by atoms with Gasteiger partial charge in [-0.05, 0) is 31.6 Å². The highest BCUT2D eigenvalue weighted by atomic mass is 32.1. The first kappa shape index (κ1) is 15.3. The highest BCUT2D eigenvalue weighted by molar-refractivity contribution is 7.15. The van der Waals surface area contributed by atoms with Crippen LogP contribution in [0.5, 0.6) is 0 Å². The van der Waals surface area contributed by atoms with Crippen molar-refractivity contribution < 1.29 is 4.74 Å². The van der Waals surface area contributed by atoms with Crippen LogP contribution in [0.3, 0.4) is 0 Å². The van der Waals surface area contributed by atoms with E-state index < -0.39 is 0 Å². The molecule has 0 radical (unpaired) electrons. The summed E-state index contributed by atoms with van der Waals surface area (Å²) in [5.74, 6) is 0.914. The number of methoxy groups -OCH3 is 1. The van der Waals surface area contributed by atoms with E-state index in [9.17, 15) is 0 Å². The number of ether oxygens (including phenoxy) is 1. The molecule has 1 heterocycles. The lowest BCUT2D eigenvalue weighted by atomic mass is 10.3. The van der Waals surface area contributed by atoms with E-state index in [1.165, 1.54) is 42.2 Å². The van der Waals surface area contributed by atoms with Gasteiger partial charge in [-0.25, -0.2) is 4.98 Å². The lowest BCUT2D eigenvalue weighted by Crippen LogP contribution is -2.27. The molecule has 21 heavy (non-hydrogen) atoms. The quantitative estimate of drug-likeness (QED) is 0.760. The van der Waals surface area contributed by atoms with Gasteiger partial charge in [-0.15, -0.1) is 11.3 Å². The van der Waals surface area contributed by atoms with Crippen molar-refractivity contribution >= 4 is 16.5 Å². The van der Waals surface area contributed by atoms with Crippen LogP contribution < -0.4 is 10.2 Å². The third-order valence-electron chi connectivity index (χ3n) is 4.10. The molecule has 2 aliphatic rings. The first-order valence-electron chi connectivity index (χ1n) is 8.15. The molecule has 0 amide bonds. The fourth-order valence-electron chi connectivity index (χ4n) is 2.53. The third kappa shape index (κ3) is 4.18. The maximum Gasteiger partial charge on any atom is 0.186 e. The smallest absolute Gasteiger partial charge is 0.186 e. The Morgan fingerprint density at radius 1 is 1.33 bits per heavy atom. The number of rotatable bonds is 9. The van der Waals surface area contributed by atoms with Crippen molar-refractivity contribution in [2.75, 3.05) is 18.6 Å². The van der Waals surface area contributed by atoms with Gasteiger partial charge in [0.2, 0.25) is 0 Å². The van der Waals surface area contributed by atoms with E-state index in [1.54, 1.807) is 7.11 Å². The van der Waals surface area contributed by atoms with Gasteiger partial charge in [-0.3, -0.25) is 0 Å². The molecule has 2 saturated carbocycles. The number of aromatic nitrogens is 1. The number of thiazole rings is 1. The fourth-order valence-corrected chi connectivity index (χ4v) is 3.62. The van der Waals surface area contributed by atoms with E-state index in [0.717, 1.165) is 24.2 Å². The summed E-state index contributed by atoms with van der Waals surface area (Å²) in [6.07, 6.45) is 5.49. The molecule has 2 fully saturated rings. The van der Waals surface area contributed by atoms with Gasteiger partial charge in [0.05, 0.1) is 12.3 Å². The Morgan fingerprint density at radius 3 is 2.67 bits per heavy atom. The van der Waals surface area contributed by atoms with E-state index in [1.807, 2.05) is 11.3 Å². The molecule has 0 aromatic carbocycles. The molecule has 2 aliphatic carbocycles. The van der Waals surface area contributed by atoms with Crippen LogP contribution in [-0.4, -0.2) is 30.7 Å². The van der Waals surface area contributed by atoms with E-state index in [2.05, 4.69) is 24.1 Å². The molecule has 0 aliphatic heterocycles. The molecule has 0 spiro atoms. The van der Waals surface area contributed by atoms with Crippen LogP contribution in [-0.2, 0) is 17.9 Å². The summed E-state index contributed by atoms with van der Waals surface area (Å²) >= 11 is 1.86. The molecule has 3 rings (SSSR count). The van der Waals surface area contributed by atoms with Crippen molar-refractivity contribution in [2.45, 2.75) is 64.8 Å². The first-order chi connectivity index (χ1) is 10.2. The van der Waals surface area contributed by atoms with E-state index >= 15 is 0 Å². The predicted octanol–water partition coefficient (Wildman–Crippen LogP) is 3.17. The molecule has 1 aromatic heterocycles. The van der Waals surface area contributed by atoms with Crippen LogP contribution >= 0.6 is 11.3 Å². The molecule has 4 nitrogen and oxygen atoms in total. The van der Waals surface area contributed by atoms with Crippen LogP contribution in [0.15, 0.2) is 0 Å². The zero-order chi connectivity index (χ0) is 14.8. The minimum absolute atomic E-state index is 0.497. The van der Waals surface area contributed by atoms with Crippen LogP contribution in [0.2, 0.25) is 0 Å². The predicted molar refractivity (Wildman–Crippen MR) is 87.9 cm³/mol. The Labute approximate surface area is 131 Å². The highest BCUT2D eigenvalue weighted by Crippen LogP contribution is 2.39. The van der Waals surface area contributed by atoms with Crippen LogP contribution in [0.1, 0.15) is 50.1 Å². The average molecular weight is 309 g/mol. The number of nitrogens with zero attached hydrogens (tertiary/aromatic N) is 2. The van der Waals surface area contributed by atoms with Crippen LogP contribution in [0, 0.1) is 5.92 Å². The summed E-state index contributed by atoms with van der Waals surface area (Å²) in [5, 5.41) is 4.73. The van der Waals surface area contributed by atoms with Gasteiger partial charge < -0.3 is 15.0 Å². The zero-order valence-electron chi connectivity index (χ0n) is 13.4. The topological polar surface area (TPSA) is 37.4 Å². The minimum Gasteiger partial charge on any atom is -0.378 e. The van der Waals surface area contributed by atoms with E-state index in [0.29, 0.717) is 12.6 Å². The average Bonchev–Trinajstić information content (AvgIpc) is 3.33. The lowest BCUT2D eigenvalue weighted by Gasteiger charge is -2.21. The molecule has 118 valence electrons. The van der Waals surface area contributed by atoms with Crippen molar-refractivity contribution in [3.8, 4) is 0 Å². The first-order valence-corrected chi connectivity index (χ1v) is 8.96. The SMILES string of the molecule is COCc1nc(N(CC2CC2)C2CC2)sc1CNC(C)C. The molecule has 0 unspecified atom stereocenters. The Bertz CT molecular complexity index is 466. The molecule has 0 saturated heterocycles. The number of anilines is 1. The molecule has 1 aromatic rings. The minimum atomic E-state index is 0.497. The Hall–Kier alpha value is -0.650. The monoisotopic (exact) mass is 309 g/mol. The summed E-state index contributed by atoms with van der Waals surface area (Å²) in [6, 6.07) is 1.25. The summed E-state index contributed by atoms with van der Waals surface area (Å²) in [5.41, 5.74) is 1.12. The van der Waals surface area contributed by atoms with Crippen LogP contribution in [0.4, 0.5) is 5.13 Å². The normalized spacial score (nSPS) is 18.5. The number of nitrogens with one attached hydrogen (secondary N) is 1. The van der Waals surface area contributed by atoms with Crippen molar-refractivity contribution in [3.05, 3.63) is 10.6 Å². The summed E-state index contributed by atoms with van der Waals surface area (Å²) < 4.78 is 5.34. The molecule has 0 atom stereocenters. The van der Waals surface area contributed by atoms with Gasteiger partial charge in [0, 0.05) is 37.2 Å². The number of hydrogen-bond acceptors (Lipinski definition) is 5. The largest absolute Gasteiger partial charge is 0.378 e. The summed E-state index contributed by atoms with van der Waals surface area (Å²) in [7, 11) is 1.75. The van der Waals surface area contributed by atoms with Crippen molar-refractivity contribution in [1.82, 2.24) is 10.3 Å². The van der Waals surface area contributed by atoms with Gasteiger partial charge in [0.1, 0.15) is 0 Å². The number of hydrogen-bond donors (Lipinski definition) is 1. The van der Waals surface area contributed by atoms with Crippen molar-refractivity contribution in [1.29, 1.82) is 0 Å². The Morgan fingerprint density at radius 2 is 2.10 bits per heavy atom. The molecule has 1 N–H and O–H groups in total.